The number of amides is 2. The van der Waals surface area contributed by atoms with Crippen LogP contribution in [0.2, 0.25) is 15.1 Å². The topological polar surface area (TPSA) is 58.6 Å². The van der Waals surface area contributed by atoms with Crippen molar-refractivity contribution in [1.82, 2.24) is 10.2 Å². The molecule has 2 aromatic rings. The van der Waals surface area contributed by atoms with Gasteiger partial charge in [-0.25, -0.2) is 0 Å². The summed E-state index contributed by atoms with van der Waals surface area (Å²) in [4.78, 5) is 27.6. The first kappa shape index (κ1) is 26.3. The SMILES string of the molecule is CCC(C(=O)NC(C)C)N(Cc1ccc(Cl)cc1Cl)C(=O)COc1cc(C)c(Cl)c(C)c1. The van der Waals surface area contributed by atoms with Crippen LogP contribution in [0.25, 0.3) is 0 Å². The molecule has 0 bridgehead atoms. The molecule has 0 aliphatic heterocycles. The predicted octanol–water partition coefficient (Wildman–Crippen LogP) is 5.97. The Morgan fingerprint density at radius 1 is 1.06 bits per heavy atom. The van der Waals surface area contributed by atoms with Gasteiger partial charge in [-0.3, -0.25) is 9.59 Å². The number of halogens is 3. The van der Waals surface area contributed by atoms with Crippen molar-refractivity contribution < 1.29 is 14.3 Å². The fourth-order valence-corrected chi connectivity index (χ4v) is 3.93. The lowest BCUT2D eigenvalue weighted by atomic mass is 10.1. The molecule has 1 atom stereocenters. The average molecular weight is 500 g/mol. The molecule has 32 heavy (non-hydrogen) atoms. The summed E-state index contributed by atoms with van der Waals surface area (Å²) in [7, 11) is 0. The maximum atomic E-state index is 13.3. The van der Waals surface area contributed by atoms with Crippen molar-refractivity contribution in [2.75, 3.05) is 6.61 Å². The lowest BCUT2D eigenvalue weighted by molar-refractivity contribution is -0.143. The lowest BCUT2D eigenvalue weighted by Crippen LogP contribution is -2.51. The van der Waals surface area contributed by atoms with Crippen molar-refractivity contribution in [3.05, 3.63) is 62.1 Å². The van der Waals surface area contributed by atoms with E-state index in [0.29, 0.717) is 32.8 Å². The van der Waals surface area contributed by atoms with Gasteiger partial charge in [-0.2, -0.15) is 0 Å². The molecule has 2 rings (SSSR count). The van der Waals surface area contributed by atoms with Crippen LogP contribution in [0.3, 0.4) is 0 Å². The van der Waals surface area contributed by atoms with Crippen LogP contribution < -0.4 is 10.1 Å². The normalized spacial score (nSPS) is 11.9. The van der Waals surface area contributed by atoms with Crippen molar-refractivity contribution in [3.63, 3.8) is 0 Å². The van der Waals surface area contributed by atoms with E-state index in [-0.39, 0.29) is 31.0 Å². The summed E-state index contributed by atoms with van der Waals surface area (Å²) in [6.45, 7) is 9.30. The smallest absolute Gasteiger partial charge is 0.261 e. The summed E-state index contributed by atoms with van der Waals surface area (Å²) in [5.74, 6) is -0.00643. The summed E-state index contributed by atoms with van der Waals surface area (Å²) in [5.41, 5.74) is 2.42. The molecule has 8 heteroatoms. The third kappa shape index (κ3) is 7.03. The highest BCUT2D eigenvalue weighted by atomic mass is 35.5. The Bertz CT molecular complexity index is 956. The van der Waals surface area contributed by atoms with E-state index in [1.165, 1.54) is 4.90 Å². The standard InChI is InChI=1S/C24H29Cl3N2O3/c1-6-21(24(31)28-14(2)3)29(12-17-7-8-18(25)11-20(17)26)22(30)13-32-19-9-15(4)23(27)16(5)10-19/h7-11,14,21H,6,12-13H2,1-5H3,(H,28,31). The largest absolute Gasteiger partial charge is 0.484 e. The molecule has 1 unspecified atom stereocenters. The molecule has 0 fully saturated rings. The molecule has 1 N–H and O–H groups in total. The van der Waals surface area contributed by atoms with Gasteiger partial charge in [0.25, 0.3) is 5.91 Å². The van der Waals surface area contributed by atoms with Gasteiger partial charge in [0.05, 0.1) is 0 Å². The summed E-state index contributed by atoms with van der Waals surface area (Å²) in [6, 6.07) is 7.92. The van der Waals surface area contributed by atoms with Crippen molar-refractivity contribution in [2.24, 2.45) is 0 Å². The number of rotatable bonds is 9. The minimum absolute atomic E-state index is 0.0520. The van der Waals surface area contributed by atoms with Gasteiger partial charge in [0.2, 0.25) is 5.91 Å². The Kier molecular flexibility index (Phi) is 9.68. The monoisotopic (exact) mass is 498 g/mol. The second-order valence-corrected chi connectivity index (χ2v) is 9.23. The Morgan fingerprint density at radius 2 is 1.69 bits per heavy atom. The quantitative estimate of drug-likeness (QED) is 0.462. The van der Waals surface area contributed by atoms with Crippen LogP contribution in [0, 0.1) is 13.8 Å². The first-order valence-electron chi connectivity index (χ1n) is 10.5. The van der Waals surface area contributed by atoms with Crippen molar-refractivity contribution >= 4 is 46.6 Å². The second kappa shape index (κ2) is 11.8. The van der Waals surface area contributed by atoms with Crippen LogP contribution >= 0.6 is 34.8 Å². The average Bonchev–Trinajstić information content (AvgIpc) is 2.71. The van der Waals surface area contributed by atoms with Gasteiger partial charge in [-0.15, -0.1) is 0 Å². The maximum absolute atomic E-state index is 13.3. The van der Waals surface area contributed by atoms with Gasteiger partial charge in [-0.05, 0) is 75.1 Å². The van der Waals surface area contributed by atoms with Gasteiger partial charge in [0, 0.05) is 27.7 Å². The Morgan fingerprint density at radius 3 is 2.22 bits per heavy atom. The number of nitrogens with zero attached hydrogens (tertiary/aromatic N) is 1. The fraction of sp³-hybridized carbons (Fsp3) is 0.417. The van der Waals surface area contributed by atoms with Crippen molar-refractivity contribution in [2.45, 2.75) is 59.7 Å². The molecule has 0 aliphatic rings. The van der Waals surface area contributed by atoms with Crippen LogP contribution in [0.15, 0.2) is 30.3 Å². The summed E-state index contributed by atoms with van der Waals surface area (Å²) in [6.07, 6.45) is 0.439. The molecule has 0 saturated heterocycles. The molecule has 0 saturated carbocycles. The van der Waals surface area contributed by atoms with E-state index < -0.39 is 6.04 Å². The highest BCUT2D eigenvalue weighted by Crippen LogP contribution is 2.27. The summed E-state index contributed by atoms with van der Waals surface area (Å²) >= 11 is 18.6. The maximum Gasteiger partial charge on any atom is 0.261 e. The molecule has 0 aromatic heterocycles. The summed E-state index contributed by atoms with van der Waals surface area (Å²) < 4.78 is 5.77. The highest BCUT2D eigenvalue weighted by molar-refractivity contribution is 6.35. The number of carbonyl (C=O) groups excluding carboxylic acids is 2. The van der Waals surface area contributed by atoms with Crippen LogP contribution in [0.5, 0.6) is 5.75 Å². The third-order valence-corrected chi connectivity index (χ3v) is 6.13. The minimum atomic E-state index is -0.672. The molecule has 5 nitrogen and oxygen atoms in total. The third-order valence-electron chi connectivity index (χ3n) is 4.94. The zero-order valence-corrected chi connectivity index (χ0v) is 21.2. The van der Waals surface area contributed by atoms with E-state index in [1.807, 2.05) is 34.6 Å². The molecule has 0 aliphatic carbocycles. The molecule has 0 spiro atoms. The highest BCUT2D eigenvalue weighted by Gasteiger charge is 2.29. The van der Waals surface area contributed by atoms with Crippen LogP contribution in [0.4, 0.5) is 0 Å². The Balaban J connectivity index is 2.29. The molecule has 0 heterocycles. The van der Waals surface area contributed by atoms with E-state index in [1.54, 1.807) is 30.3 Å². The van der Waals surface area contributed by atoms with E-state index in [4.69, 9.17) is 39.5 Å². The fourth-order valence-electron chi connectivity index (χ4n) is 3.35. The van der Waals surface area contributed by atoms with Crippen LogP contribution in [-0.4, -0.2) is 35.4 Å². The van der Waals surface area contributed by atoms with Crippen LogP contribution in [0.1, 0.15) is 43.9 Å². The Hall–Kier alpha value is -1.95. The zero-order chi connectivity index (χ0) is 24.0. The first-order chi connectivity index (χ1) is 15.0. The number of aryl methyl sites for hydroxylation is 2. The molecule has 2 amide bonds. The van der Waals surface area contributed by atoms with Gasteiger partial charge >= 0.3 is 0 Å². The minimum Gasteiger partial charge on any atom is -0.484 e. The molecular weight excluding hydrogens is 471 g/mol. The van der Waals surface area contributed by atoms with Crippen molar-refractivity contribution in [3.8, 4) is 5.75 Å². The second-order valence-electron chi connectivity index (χ2n) is 8.00. The van der Waals surface area contributed by atoms with Gasteiger partial charge in [0.1, 0.15) is 11.8 Å². The van der Waals surface area contributed by atoms with E-state index >= 15 is 0 Å². The lowest BCUT2D eigenvalue weighted by Gasteiger charge is -2.31. The zero-order valence-electron chi connectivity index (χ0n) is 19.0. The molecule has 0 radical (unpaired) electrons. The number of hydrogen-bond acceptors (Lipinski definition) is 3. The van der Waals surface area contributed by atoms with E-state index in [2.05, 4.69) is 5.32 Å². The molecular formula is C24H29Cl3N2O3. The molecule has 174 valence electrons. The van der Waals surface area contributed by atoms with E-state index in [9.17, 15) is 9.59 Å². The van der Waals surface area contributed by atoms with Gasteiger partial charge in [-0.1, -0.05) is 47.8 Å². The first-order valence-corrected chi connectivity index (χ1v) is 11.6. The van der Waals surface area contributed by atoms with Gasteiger partial charge in [0.15, 0.2) is 6.61 Å². The van der Waals surface area contributed by atoms with Gasteiger partial charge < -0.3 is 15.0 Å². The number of nitrogens with one attached hydrogen (secondary N) is 1. The molecule has 2 aromatic carbocycles. The number of hydrogen-bond donors (Lipinski definition) is 1. The van der Waals surface area contributed by atoms with E-state index in [0.717, 1.165) is 11.1 Å². The van der Waals surface area contributed by atoms with Crippen LogP contribution in [-0.2, 0) is 16.1 Å². The van der Waals surface area contributed by atoms with Crippen molar-refractivity contribution in [1.29, 1.82) is 0 Å². The predicted molar refractivity (Wildman–Crippen MR) is 131 cm³/mol. The number of carbonyl (C=O) groups is 2. The number of benzene rings is 2. The summed E-state index contributed by atoms with van der Waals surface area (Å²) in [5, 5.41) is 4.49. The number of ether oxygens (including phenoxy) is 1. The Labute approximate surface area is 205 Å².